The van der Waals surface area contributed by atoms with E-state index in [2.05, 4.69) is 9.97 Å². The van der Waals surface area contributed by atoms with Gasteiger partial charge in [-0.2, -0.15) is 0 Å². The molecule has 0 fully saturated rings. The molecule has 7 nitrogen and oxygen atoms in total. The maximum Gasteiger partial charge on any atom is 0.338 e. The Kier molecular flexibility index (Phi) is 3.61. The van der Waals surface area contributed by atoms with Crippen LogP contribution < -0.4 is 9.47 Å². The number of ether oxygens (including phenoxy) is 3. The Hall–Kier alpha value is -3.09. The number of phenolic OH excluding ortho intramolecular Hbond substituents is 1. The molecule has 0 aliphatic carbocycles. The molecule has 0 bridgehead atoms. The first kappa shape index (κ1) is 14.8. The number of hydrogen-bond acceptors (Lipinski definition) is 7. The number of esters is 1. The van der Waals surface area contributed by atoms with Crippen LogP contribution >= 0.6 is 0 Å². The second-order valence-corrected chi connectivity index (χ2v) is 4.77. The van der Waals surface area contributed by atoms with E-state index in [0.29, 0.717) is 39.1 Å². The number of nitrogens with zero attached hydrogens (tertiary/aromatic N) is 2. The van der Waals surface area contributed by atoms with Gasteiger partial charge in [0.1, 0.15) is 11.3 Å². The molecule has 118 valence electrons. The number of fused-ring (bicyclic) bond motifs is 2. The number of methoxy groups -OCH3 is 3. The summed E-state index contributed by atoms with van der Waals surface area (Å²) in [6, 6.07) is 6.16. The van der Waals surface area contributed by atoms with E-state index in [1.807, 2.05) is 0 Å². The molecular weight excluding hydrogens is 300 g/mol. The van der Waals surface area contributed by atoms with Crippen LogP contribution in [0.3, 0.4) is 0 Å². The summed E-state index contributed by atoms with van der Waals surface area (Å²) >= 11 is 0. The van der Waals surface area contributed by atoms with Gasteiger partial charge >= 0.3 is 5.97 Å². The molecule has 0 saturated heterocycles. The Morgan fingerprint density at radius 1 is 0.913 bits per heavy atom. The van der Waals surface area contributed by atoms with Crippen molar-refractivity contribution in [2.24, 2.45) is 0 Å². The summed E-state index contributed by atoms with van der Waals surface area (Å²) in [4.78, 5) is 20.7. The van der Waals surface area contributed by atoms with Gasteiger partial charge in [-0.3, -0.25) is 0 Å². The molecule has 7 heteroatoms. The predicted octanol–water partition coefficient (Wildman–Crippen LogP) is 2.29. The van der Waals surface area contributed by atoms with Gasteiger partial charge in [0, 0.05) is 12.1 Å². The molecule has 1 aromatic heterocycles. The van der Waals surface area contributed by atoms with Crippen LogP contribution in [0.15, 0.2) is 24.3 Å². The van der Waals surface area contributed by atoms with Gasteiger partial charge in [0.25, 0.3) is 0 Å². The van der Waals surface area contributed by atoms with Gasteiger partial charge in [-0.05, 0) is 12.1 Å². The number of carbonyl (C=O) groups is 1. The third-order valence-electron chi connectivity index (χ3n) is 3.45. The van der Waals surface area contributed by atoms with Crippen LogP contribution in [-0.2, 0) is 4.74 Å². The van der Waals surface area contributed by atoms with E-state index >= 15 is 0 Å². The van der Waals surface area contributed by atoms with Crippen LogP contribution in [-0.4, -0.2) is 42.4 Å². The summed E-state index contributed by atoms with van der Waals surface area (Å²) in [7, 11) is 4.24. The number of phenols is 1. The first-order valence-electron chi connectivity index (χ1n) is 6.72. The van der Waals surface area contributed by atoms with E-state index in [-0.39, 0.29) is 5.75 Å². The monoisotopic (exact) mass is 314 g/mol. The summed E-state index contributed by atoms with van der Waals surface area (Å²) in [6.07, 6.45) is 0. The number of benzene rings is 2. The van der Waals surface area contributed by atoms with Gasteiger partial charge in [0.05, 0.1) is 43.4 Å². The summed E-state index contributed by atoms with van der Waals surface area (Å²) in [5, 5.41) is 9.87. The Morgan fingerprint density at radius 3 is 2.26 bits per heavy atom. The fourth-order valence-corrected chi connectivity index (χ4v) is 2.32. The molecule has 1 N–H and O–H groups in total. The standard InChI is InChI=1S/C16H14N2O5/c1-21-13-7-10-9(6-12(13)19)17-11-4-8(16(20)23-3)5-14(22-2)15(11)18-10/h4-7,19H,1-3H3. The Bertz CT molecular complexity index is 923. The van der Waals surface area contributed by atoms with Crippen molar-refractivity contribution in [1.29, 1.82) is 0 Å². The predicted molar refractivity (Wildman–Crippen MR) is 83.2 cm³/mol. The molecule has 0 spiro atoms. The zero-order valence-electron chi connectivity index (χ0n) is 12.8. The zero-order chi connectivity index (χ0) is 16.6. The van der Waals surface area contributed by atoms with Crippen molar-refractivity contribution in [3.8, 4) is 17.2 Å². The summed E-state index contributed by atoms with van der Waals surface area (Å²) in [5.41, 5.74) is 2.28. The van der Waals surface area contributed by atoms with Crippen molar-refractivity contribution in [2.45, 2.75) is 0 Å². The first-order chi connectivity index (χ1) is 11.1. The molecule has 3 aromatic rings. The fraction of sp³-hybridized carbons (Fsp3) is 0.188. The highest BCUT2D eigenvalue weighted by molar-refractivity contribution is 5.98. The van der Waals surface area contributed by atoms with Gasteiger partial charge in [0.2, 0.25) is 0 Å². The van der Waals surface area contributed by atoms with Crippen LogP contribution in [0, 0.1) is 0 Å². The van der Waals surface area contributed by atoms with Crippen molar-refractivity contribution in [1.82, 2.24) is 9.97 Å². The molecular formula is C16H14N2O5. The lowest BCUT2D eigenvalue weighted by Crippen LogP contribution is -2.03. The first-order valence-corrected chi connectivity index (χ1v) is 6.72. The summed E-state index contributed by atoms with van der Waals surface area (Å²) in [5.74, 6) is 0.176. The average Bonchev–Trinajstić information content (AvgIpc) is 2.57. The molecule has 0 saturated carbocycles. The van der Waals surface area contributed by atoms with Crippen molar-refractivity contribution < 1.29 is 24.1 Å². The molecule has 0 aliphatic rings. The van der Waals surface area contributed by atoms with Crippen LogP contribution in [0.25, 0.3) is 22.1 Å². The molecule has 0 atom stereocenters. The minimum atomic E-state index is -0.496. The molecule has 1 heterocycles. The van der Waals surface area contributed by atoms with Crippen molar-refractivity contribution in [3.05, 3.63) is 29.8 Å². The minimum Gasteiger partial charge on any atom is -0.504 e. The molecule has 2 aromatic carbocycles. The number of aromatic hydroxyl groups is 1. The second-order valence-electron chi connectivity index (χ2n) is 4.77. The smallest absolute Gasteiger partial charge is 0.338 e. The third kappa shape index (κ3) is 2.46. The normalized spacial score (nSPS) is 10.7. The van der Waals surface area contributed by atoms with E-state index in [9.17, 15) is 9.90 Å². The van der Waals surface area contributed by atoms with Gasteiger partial charge in [-0.25, -0.2) is 14.8 Å². The maximum absolute atomic E-state index is 11.7. The van der Waals surface area contributed by atoms with Crippen molar-refractivity contribution in [3.63, 3.8) is 0 Å². The fourth-order valence-electron chi connectivity index (χ4n) is 2.32. The van der Waals surface area contributed by atoms with Crippen molar-refractivity contribution in [2.75, 3.05) is 21.3 Å². The van der Waals surface area contributed by atoms with E-state index in [1.165, 1.54) is 27.4 Å². The van der Waals surface area contributed by atoms with Gasteiger partial charge < -0.3 is 19.3 Å². The quantitative estimate of drug-likeness (QED) is 0.586. The molecule has 3 rings (SSSR count). The van der Waals surface area contributed by atoms with E-state index < -0.39 is 5.97 Å². The topological polar surface area (TPSA) is 90.8 Å². The third-order valence-corrected chi connectivity index (χ3v) is 3.45. The Morgan fingerprint density at radius 2 is 1.61 bits per heavy atom. The second kappa shape index (κ2) is 5.60. The lowest BCUT2D eigenvalue weighted by molar-refractivity contribution is 0.0600. The highest BCUT2D eigenvalue weighted by atomic mass is 16.5. The lowest BCUT2D eigenvalue weighted by atomic mass is 10.1. The molecule has 0 unspecified atom stereocenters. The molecule has 23 heavy (non-hydrogen) atoms. The van der Waals surface area contributed by atoms with Gasteiger partial charge in [-0.15, -0.1) is 0 Å². The van der Waals surface area contributed by atoms with E-state index in [0.717, 1.165) is 0 Å². The Balaban J connectivity index is 2.34. The van der Waals surface area contributed by atoms with Gasteiger partial charge in [0.15, 0.2) is 11.5 Å². The number of rotatable bonds is 3. The van der Waals surface area contributed by atoms with E-state index in [1.54, 1.807) is 18.2 Å². The number of hydrogen-bond donors (Lipinski definition) is 1. The largest absolute Gasteiger partial charge is 0.504 e. The van der Waals surface area contributed by atoms with Gasteiger partial charge in [-0.1, -0.05) is 0 Å². The SMILES string of the molecule is COC(=O)c1cc(OC)c2nc3cc(OC)c(O)cc3nc2c1. The molecule has 0 radical (unpaired) electrons. The number of carbonyl (C=O) groups excluding carboxylic acids is 1. The lowest BCUT2D eigenvalue weighted by Gasteiger charge is -2.09. The zero-order valence-corrected chi connectivity index (χ0v) is 12.8. The van der Waals surface area contributed by atoms with E-state index in [4.69, 9.17) is 14.2 Å². The highest BCUT2D eigenvalue weighted by Crippen LogP contribution is 2.32. The molecule has 0 aliphatic heterocycles. The highest BCUT2D eigenvalue weighted by Gasteiger charge is 2.15. The van der Waals surface area contributed by atoms with Crippen LogP contribution in [0.2, 0.25) is 0 Å². The Labute approximate surface area is 131 Å². The van der Waals surface area contributed by atoms with Crippen LogP contribution in [0.4, 0.5) is 0 Å². The molecule has 0 amide bonds. The average molecular weight is 314 g/mol. The summed E-state index contributed by atoms with van der Waals surface area (Å²) < 4.78 is 15.1. The van der Waals surface area contributed by atoms with Crippen molar-refractivity contribution >= 4 is 28.0 Å². The number of aromatic nitrogens is 2. The summed E-state index contributed by atoms with van der Waals surface area (Å²) in [6.45, 7) is 0. The minimum absolute atomic E-state index is 0.0373. The van der Waals surface area contributed by atoms with Crippen LogP contribution in [0.1, 0.15) is 10.4 Å². The van der Waals surface area contributed by atoms with Crippen LogP contribution in [0.5, 0.6) is 17.2 Å². The maximum atomic E-state index is 11.7.